The van der Waals surface area contributed by atoms with Crippen LogP contribution in [-0.4, -0.2) is 62.7 Å². The van der Waals surface area contributed by atoms with Crippen molar-refractivity contribution in [1.82, 2.24) is 15.1 Å². The quantitative estimate of drug-likeness (QED) is 0.680. The van der Waals surface area contributed by atoms with Gasteiger partial charge in [-0.25, -0.2) is 0 Å². The van der Waals surface area contributed by atoms with Crippen LogP contribution in [0.4, 0.5) is 0 Å². The van der Waals surface area contributed by atoms with Gasteiger partial charge < -0.3 is 10.2 Å². The van der Waals surface area contributed by atoms with Crippen LogP contribution >= 0.6 is 0 Å². The molecule has 2 aliphatic rings. The van der Waals surface area contributed by atoms with Crippen LogP contribution in [-0.2, 0) is 0 Å². The third-order valence-electron chi connectivity index (χ3n) is 4.89. The zero-order chi connectivity index (χ0) is 13.5. The monoisotopic (exact) mass is 267 g/mol. The van der Waals surface area contributed by atoms with Crippen molar-refractivity contribution < 1.29 is 0 Å². The lowest BCUT2D eigenvalue weighted by Gasteiger charge is -2.29. The van der Waals surface area contributed by atoms with E-state index in [4.69, 9.17) is 0 Å². The Morgan fingerprint density at radius 3 is 2.58 bits per heavy atom. The van der Waals surface area contributed by atoms with Crippen LogP contribution in [0.2, 0.25) is 0 Å². The molecule has 0 aromatic rings. The maximum Gasteiger partial charge on any atom is 0.0124 e. The molecular weight excluding hydrogens is 234 g/mol. The van der Waals surface area contributed by atoms with Gasteiger partial charge in [0.15, 0.2) is 0 Å². The third kappa shape index (κ3) is 5.05. The first kappa shape index (κ1) is 15.3. The summed E-state index contributed by atoms with van der Waals surface area (Å²) in [6.07, 6.45) is 10.1. The van der Waals surface area contributed by atoms with Gasteiger partial charge in [-0.05, 0) is 71.8 Å². The fraction of sp³-hybridized carbons (Fsp3) is 1.00. The maximum atomic E-state index is 3.61. The predicted octanol–water partition coefficient (Wildman–Crippen LogP) is 2.18. The molecule has 0 aromatic heterocycles. The minimum absolute atomic E-state index is 0.922. The van der Waals surface area contributed by atoms with E-state index in [0.717, 1.165) is 12.0 Å². The molecule has 0 amide bonds. The highest BCUT2D eigenvalue weighted by Gasteiger charge is 2.32. The average Bonchev–Trinajstić information content (AvgIpc) is 3.03. The van der Waals surface area contributed by atoms with E-state index in [2.05, 4.69) is 29.2 Å². The second-order valence-electron chi connectivity index (χ2n) is 6.70. The van der Waals surface area contributed by atoms with Crippen LogP contribution in [0.1, 0.15) is 44.9 Å². The Morgan fingerprint density at radius 1 is 1.05 bits per heavy atom. The highest BCUT2D eigenvalue weighted by atomic mass is 15.2. The molecule has 1 saturated heterocycles. The van der Waals surface area contributed by atoms with Gasteiger partial charge in [0.25, 0.3) is 0 Å². The van der Waals surface area contributed by atoms with E-state index in [1.54, 1.807) is 0 Å². The zero-order valence-corrected chi connectivity index (χ0v) is 13.0. The van der Waals surface area contributed by atoms with Gasteiger partial charge in [0.2, 0.25) is 0 Å². The van der Waals surface area contributed by atoms with Crippen LogP contribution in [0.5, 0.6) is 0 Å². The summed E-state index contributed by atoms with van der Waals surface area (Å²) < 4.78 is 0. The third-order valence-corrected chi connectivity index (χ3v) is 4.89. The minimum atomic E-state index is 0.922. The molecule has 1 saturated carbocycles. The van der Waals surface area contributed by atoms with Crippen molar-refractivity contribution >= 4 is 0 Å². The van der Waals surface area contributed by atoms with E-state index in [1.807, 2.05) is 0 Å². The molecule has 0 aromatic carbocycles. The first-order valence-electron chi connectivity index (χ1n) is 8.37. The van der Waals surface area contributed by atoms with Crippen molar-refractivity contribution in [2.75, 3.05) is 46.8 Å². The Morgan fingerprint density at radius 2 is 1.84 bits per heavy atom. The summed E-state index contributed by atoms with van der Waals surface area (Å²) in [5, 5.41) is 3.61. The summed E-state index contributed by atoms with van der Waals surface area (Å²) in [6.45, 7) is 6.15. The Bertz CT molecular complexity index is 236. The maximum absolute atomic E-state index is 3.61. The first-order valence-corrected chi connectivity index (χ1v) is 8.37. The summed E-state index contributed by atoms with van der Waals surface area (Å²) in [7, 11) is 4.30. The molecule has 1 heterocycles. The minimum Gasteiger partial charge on any atom is -0.315 e. The normalized spacial score (nSPS) is 25.7. The van der Waals surface area contributed by atoms with Gasteiger partial charge in [0, 0.05) is 19.1 Å². The van der Waals surface area contributed by atoms with E-state index < -0.39 is 0 Å². The second kappa shape index (κ2) is 8.23. The Labute approximate surface area is 119 Å². The molecule has 112 valence electrons. The van der Waals surface area contributed by atoms with Crippen LogP contribution in [0.3, 0.4) is 0 Å². The molecule has 3 heteroatoms. The number of hydrogen-bond acceptors (Lipinski definition) is 3. The summed E-state index contributed by atoms with van der Waals surface area (Å²) in [6, 6.07) is 0.922. The number of nitrogens with zero attached hydrogens (tertiary/aromatic N) is 2. The highest BCUT2D eigenvalue weighted by Crippen LogP contribution is 2.34. The molecule has 1 N–H and O–H groups in total. The van der Waals surface area contributed by atoms with E-state index in [1.165, 1.54) is 77.7 Å². The van der Waals surface area contributed by atoms with Crippen LogP contribution in [0.25, 0.3) is 0 Å². The van der Waals surface area contributed by atoms with Crippen molar-refractivity contribution in [3.8, 4) is 0 Å². The molecule has 1 unspecified atom stereocenters. The SMILES string of the molecule is CN(C)CCCNCCN1CCCC1C1CCCC1. The molecule has 3 nitrogen and oxygen atoms in total. The fourth-order valence-electron chi connectivity index (χ4n) is 3.87. The molecule has 2 rings (SSSR count). The first-order chi connectivity index (χ1) is 9.27. The van der Waals surface area contributed by atoms with E-state index in [9.17, 15) is 0 Å². The van der Waals surface area contributed by atoms with E-state index in [-0.39, 0.29) is 0 Å². The molecule has 19 heavy (non-hydrogen) atoms. The Balaban J connectivity index is 1.56. The number of rotatable bonds is 8. The van der Waals surface area contributed by atoms with Gasteiger partial charge in [0.1, 0.15) is 0 Å². The standard InChI is InChI=1S/C16H33N3/c1-18(2)12-6-10-17-11-14-19-13-5-9-16(19)15-7-3-4-8-15/h15-17H,3-14H2,1-2H3. The van der Waals surface area contributed by atoms with Crippen molar-refractivity contribution in [3.63, 3.8) is 0 Å². The molecule has 0 bridgehead atoms. The van der Waals surface area contributed by atoms with Crippen LogP contribution < -0.4 is 5.32 Å². The topological polar surface area (TPSA) is 18.5 Å². The summed E-state index contributed by atoms with van der Waals surface area (Å²) >= 11 is 0. The zero-order valence-electron chi connectivity index (χ0n) is 13.0. The lowest BCUT2D eigenvalue weighted by Crippen LogP contribution is -2.39. The molecule has 1 atom stereocenters. The van der Waals surface area contributed by atoms with Crippen molar-refractivity contribution in [2.45, 2.75) is 51.0 Å². The summed E-state index contributed by atoms with van der Waals surface area (Å²) in [4.78, 5) is 5.03. The Kier molecular flexibility index (Phi) is 6.62. The van der Waals surface area contributed by atoms with E-state index >= 15 is 0 Å². The van der Waals surface area contributed by atoms with Crippen LogP contribution in [0.15, 0.2) is 0 Å². The Hall–Kier alpha value is -0.120. The molecule has 0 spiro atoms. The predicted molar refractivity (Wildman–Crippen MR) is 82.6 cm³/mol. The number of likely N-dealkylation sites (tertiary alicyclic amines) is 1. The molecule has 2 fully saturated rings. The van der Waals surface area contributed by atoms with Gasteiger partial charge in [-0.3, -0.25) is 4.90 Å². The summed E-state index contributed by atoms with van der Waals surface area (Å²) in [5.74, 6) is 1.02. The van der Waals surface area contributed by atoms with Gasteiger partial charge in [-0.1, -0.05) is 12.8 Å². The van der Waals surface area contributed by atoms with Gasteiger partial charge in [0.05, 0.1) is 0 Å². The molecular formula is C16H33N3. The van der Waals surface area contributed by atoms with Crippen molar-refractivity contribution in [2.24, 2.45) is 5.92 Å². The fourth-order valence-corrected chi connectivity index (χ4v) is 3.87. The lowest BCUT2D eigenvalue weighted by atomic mass is 9.96. The van der Waals surface area contributed by atoms with Crippen molar-refractivity contribution in [3.05, 3.63) is 0 Å². The molecule has 1 aliphatic carbocycles. The van der Waals surface area contributed by atoms with Crippen LogP contribution in [0, 0.1) is 5.92 Å². The second-order valence-corrected chi connectivity index (χ2v) is 6.70. The summed E-state index contributed by atoms with van der Waals surface area (Å²) in [5.41, 5.74) is 0. The number of nitrogens with one attached hydrogen (secondary N) is 1. The molecule has 0 radical (unpaired) electrons. The average molecular weight is 267 g/mol. The smallest absolute Gasteiger partial charge is 0.0124 e. The number of hydrogen-bond donors (Lipinski definition) is 1. The van der Waals surface area contributed by atoms with Crippen molar-refractivity contribution in [1.29, 1.82) is 0 Å². The lowest BCUT2D eigenvalue weighted by molar-refractivity contribution is 0.191. The van der Waals surface area contributed by atoms with Gasteiger partial charge in [-0.2, -0.15) is 0 Å². The largest absolute Gasteiger partial charge is 0.315 e. The van der Waals surface area contributed by atoms with Gasteiger partial charge >= 0.3 is 0 Å². The highest BCUT2D eigenvalue weighted by molar-refractivity contribution is 4.87. The van der Waals surface area contributed by atoms with E-state index in [0.29, 0.717) is 0 Å². The van der Waals surface area contributed by atoms with Gasteiger partial charge in [-0.15, -0.1) is 0 Å². The molecule has 1 aliphatic heterocycles.